The summed E-state index contributed by atoms with van der Waals surface area (Å²) < 4.78 is 16.0. The fourth-order valence-corrected chi connectivity index (χ4v) is 4.75. The maximum atomic E-state index is 14.2. The normalized spacial score (nSPS) is 12.3. The third kappa shape index (κ3) is 5.09. The highest BCUT2D eigenvalue weighted by atomic mass is 32.2. The molecule has 0 saturated heterocycles. The summed E-state index contributed by atoms with van der Waals surface area (Å²) in [4.78, 5) is 22.5. The lowest BCUT2D eigenvalue weighted by Gasteiger charge is -2.19. The molecule has 0 bridgehead atoms. The number of pyridine rings is 1. The zero-order valence-electron chi connectivity index (χ0n) is 19.0. The van der Waals surface area contributed by atoms with Crippen LogP contribution in [0.1, 0.15) is 50.3 Å². The summed E-state index contributed by atoms with van der Waals surface area (Å²) in [6, 6.07) is 17.8. The number of anilines is 1. The van der Waals surface area contributed by atoms with Gasteiger partial charge >= 0.3 is 0 Å². The smallest absolute Gasteiger partial charge is 0.247 e. The minimum Gasteiger partial charge on any atom is -0.324 e. The molecular weight excluding hydrogens is 435 g/mol. The molecule has 0 aliphatic carbocycles. The second-order valence-corrected chi connectivity index (χ2v) is 9.12. The number of imidazole rings is 1. The van der Waals surface area contributed by atoms with Gasteiger partial charge < -0.3 is 5.32 Å². The first-order valence-corrected chi connectivity index (χ1v) is 12.1. The number of fused-ring (bicyclic) bond motifs is 1. The standard InChI is InChI=1S/C26H27FN4OS/c1-4-23(25(32)29-20-13-11-18(12-14-20)17(2)3)31-24-22(10-7-15-28-24)30-26(31)33-16-19-8-5-6-9-21(19)27/h5-15,17,23H,4,16H2,1-3H3,(H,29,32)/t23-/m1/s1. The van der Waals surface area contributed by atoms with E-state index < -0.39 is 6.04 Å². The largest absolute Gasteiger partial charge is 0.324 e. The lowest BCUT2D eigenvalue weighted by molar-refractivity contribution is -0.119. The lowest BCUT2D eigenvalue weighted by Crippen LogP contribution is -2.26. The summed E-state index contributed by atoms with van der Waals surface area (Å²) in [6.07, 6.45) is 2.26. The first-order chi connectivity index (χ1) is 16.0. The number of carbonyl (C=O) groups is 1. The van der Waals surface area contributed by atoms with Crippen LogP contribution in [0, 0.1) is 5.82 Å². The van der Waals surface area contributed by atoms with Crippen molar-refractivity contribution in [1.29, 1.82) is 0 Å². The Morgan fingerprint density at radius 1 is 1.09 bits per heavy atom. The topological polar surface area (TPSA) is 59.8 Å². The van der Waals surface area contributed by atoms with Gasteiger partial charge in [0.05, 0.1) is 0 Å². The van der Waals surface area contributed by atoms with Gasteiger partial charge in [0.2, 0.25) is 5.91 Å². The van der Waals surface area contributed by atoms with Gasteiger partial charge in [0.1, 0.15) is 17.4 Å². The monoisotopic (exact) mass is 462 g/mol. The maximum Gasteiger partial charge on any atom is 0.247 e. The molecule has 4 aromatic rings. The van der Waals surface area contributed by atoms with Crippen LogP contribution in [0.4, 0.5) is 10.1 Å². The molecule has 7 heteroatoms. The fraction of sp³-hybridized carbons (Fsp3) is 0.269. The van der Waals surface area contributed by atoms with Crippen LogP contribution in [0.15, 0.2) is 72.0 Å². The number of hydrogen-bond acceptors (Lipinski definition) is 4. The van der Waals surface area contributed by atoms with Crippen molar-refractivity contribution in [3.63, 3.8) is 0 Å². The minimum atomic E-state index is -0.502. The number of thioether (sulfide) groups is 1. The first-order valence-electron chi connectivity index (χ1n) is 11.1. The number of carbonyl (C=O) groups excluding carboxylic acids is 1. The summed E-state index contributed by atoms with van der Waals surface area (Å²) in [5.41, 5.74) is 3.92. The second-order valence-electron chi connectivity index (χ2n) is 8.18. The Kier molecular flexibility index (Phi) is 7.08. The number of benzene rings is 2. The van der Waals surface area contributed by atoms with Crippen molar-refractivity contribution in [3.05, 3.63) is 83.8 Å². The third-order valence-electron chi connectivity index (χ3n) is 5.58. The zero-order valence-corrected chi connectivity index (χ0v) is 19.8. The first kappa shape index (κ1) is 23.0. The predicted octanol–water partition coefficient (Wildman–Crippen LogP) is 6.58. The predicted molar refractivity (Wildman–Crippen MR) is 132 cm³/mol. The van der Waals surface area contributed by atoms with Crippen molar-refractivity contribution < 1.29 is 9.18 Å². The molecule has 1 N–H and O–H groups in total. The van der Waals surface area contributed by atoms with Crippen LogP contribution in [0.2, 0.25) is 0 Å². The molecule has 4 rings (SSSR count). The zero-order chi connectivity index (χ0) is 23.4. The lowest BCUT2D eigenvalue weighted by atomic mass is 10.0. The molecule has 0 spiro atoms. The van der Waals surface area contributed by atoms with Crippen molar-refractivity contribution in [2.45, 2.75) is 50.1 Å². The van der Waals surface area contributed by atoms with Gasteiger partial charge in [-0.05, 0) is 53.8 Å². The average Bonchev–Trinajstić information content (AvgIpc) is 3.18. The number of hydrogen-bond donors (Lipinski definition) is 1. The van der Waals surface area contributed by atoms with Gasteiger partial charge in [-0.15, -0.1) is 0 Å². The quantitative estimate of drug-likeness (QED) is 0.301. The van der Waals surface area contributed by atoms with Gasteiger partial charge in [0.15, 0.2) is 10.8 Å². The van der Waals surface area contributed by atoms with E-state index in [-0.39, 0.29) is 11.7 Å². The molecule has 0 fully saturated rings. The molecule has 0 aliphatic rings. The van der Waals surface area contributed by atoms with E-state index in [2.05, 4.69) is 24.1 Å². The minimum absolute atomic E-state index is 0.132. The average molecular weight is 463 g/mol. The number of rotatable bonds is 8. The van der Waals surface area contributed by atoms with E-state index in [4.69, 9.17) is 4.98 Å². The van der Waals surface area contributed by atoms with Gasteiger partial charge in [0, 0.05) is 17.6 Å². The maximum absolute atomic E-state index is 14.2. The van der Waals surface area contributed by atoms with E-state index in [0.717, 1.165) is 5.69 Å². The van der Waals surface area contributed by atoms with Crippen LogP contribution in [0.5, 0.6) is 0 Å². The summed E-state index contributed by atoms with van der Waals surface area (Å²) in [6.45, 7) is 6.24. The molecule has 0 aliphatic heterocycles. The Bertz CT molecular complexity index is 1250. The van der Waals surface area contributed by atoms with Crippen LogP contribution in [-0.2, 0) is 10.5 Å². The molecule has 0 saturated carbocycles. The number of halogens is 1. The molecule has 5 nitrogen and oxygen atoms in total. The molecule has 0 unspecified atom stereocenters. The highest BCUT2D eigenvalue weighted by molar-refractivity contribution is 7.98. The van der Waals surface area contributed by atoms with Gasteiger partial charge in [-0.3, -0.25) is 9.36 Å². The molecule has 33 heavy (non-hydrogen) atoms. The van der Waals surface area contributed by atoms with Crippen molar-refractivity contribution in [1.82, 2.24) is 14.5 Å². The number of amides is 1. The van der Waals surface area contributed by atoms with E-state index in [1.807, 2.05) is 54.0 Å². The van der Waals surface area contributed by atoms with Gasteiger partial charge in [0.25, 0.3) is 0 Å². The van der Waals surface area contributed by atoms with Gasteiger partial charge in [-0.1, -0.05) is 62.9 Å². The fourth-order valence-electron chi connectivity index (χ4n) is 3.71. The van der Waals surface area contributed by atoms with Crippen LogP contribution in [-0.4, -0.2) is 20.4 Å². The molecule has 170 valence electrons. The molecule has 1 amide bonds. The Morgan fingerprint density at radius 3 is 2.55 bits per heavy atom. The highest BCUT2D eigenvalue weighted by Gasteiger charge is 2.25. The van der Waals surface area contributed by atoms with Gasteiger partial charge in [-0.2, -0.15) is 0 Å². The van der Waals surface area contributed by atoms with E-state index in [0.29, 0.717) is 40.0 Å². The van der Waals surface area contributed by atoms with E-state index in [1.54, 1.807) is 18.3 Å². The Balaban J connectivity index is 1.63. The highest BCUT2D eigenvalue weighted by Crippen LogP contribution is 2.31. The van der Waals surface area contributed by atoms with E-state index in [9.17, 15) is 9.18 Å². The van der Waals surface area contributed by atoms with Crippen molar-refractivity contribution >= 4 is 34.5 Å². The summed E-state index contributed by atoms with van der Waals surface area (Å²) >= 11 is 1.40. The third-order valence-corrected chi connectivity index (χ3v) is 6.58. The van der Waals surface area contributed by atoms with Crippen LogP contribution >= 0.6 is 11.8 Å². The number of aromatic nitrogens is 3. The van der Waals surface area contributed by atoms with Crippen LogP contribution < -0.4 is 5.32 Å². The molecule has 2 heterocycles. The number of nitrogens with one attached hydrogen (secondary N) is 1. The summed E-state index contributed by atoms with van der Waals surface area (Å²) in [5, 5.41) is 3.68. The Morgan fingerprint density at radius 2 is 1.85 bits per heavy atom. The molecular formula is C26H27FN4OS. The number of nitrogens with zero attached hydrogens (tertiary/aromatic N) is 3. The van der Waals surface area contributed by atoms with Crippen LogP contribution in [0.25, 0.3) is 11.2 Å². The van der Waals surface area contributed by atoms with E-state index in [1.165, 1.54) is 23.4 Å². The van der Waals surface area contributed by atoms with Crippen molar-refractivity contribution in [2.24, 2.45) is 0 Å². The SMILES string of the molecule is CC[C@H](C(=O)Nc1ccc(C(C)C)cc1)n1c(SCc2ccccc2F)nc2cccnc21. The summed E-state index contributed by atoms with van der Waals surface area (Å²) in [7, 11) is 0. The second kappa shape index (κ2) is 10.2. The summed E-state index contributed by atoms with van der Waals surface area (Å²) in [5.74, 6) is 0.452. The molecule has 1 atom stereocenters. The van der Waals surface area contributed by atoms with Gasteiger partial charge in [-0.25, -0.2) is 14.4 Å². The van der Waals surface area contributed by atoms with Crippen LogP contribution in [0.3, 0.4) is 0 Å². The molecule has 2 aromatic heterocycles. The molecule has 0 radical (unpaired) electrons. The Labute approximate surface area is 197 Å². The van der Waals surface area contributed by atoms with Crippen molar-refractivity contribution in [2.75, 3.05) is 5.32 Å². The van der Waals surface area contributed by atoms with Crippen molar-refractivity contribution in [3.8, 4) is 0 Å². The van der Waals surface area contributed by atoms with E-state index >= 15 is 0 Å². The molecule has 2 aromatic carbocycles. The Hall–Kier alpha value is -3.19.